The van der Waals surface area contributed by atoms with E-state index in [0.29, 0.717) is 6.42 Å². The molecule has 0 aliphatic carbocycles. The van der Waals surface area contributed by atoms with E-state index in [2.05, 4.69) is 5.32 Å². The summed E-state index contributed by atoms with van der Waals surface area (Å²) in [5.41, 5.74) is -0.674. The molecule has 0 saturated heterocycles. The van der Waals surface area contributed by atoms with Crippen LogP contribution in [0.2, 0.25) is 5.02 Å². The van der Waals surface area contributed by atoms with Gasteiger partial charge in [0.25, 0.3) is 11.6 Å². The number of nitrogens with one attached hydrogen (secondary N) is 1. The van der Waals surface area contributed by atoms with Crippen molar-refractivity contribution in [2.24, 2.45) is 0 Å². The summed E-state index contributed by atoms with van der Waals surface area (Å²) in [7, 11) is 0. The highest BCUT2D eigenvalue weighted by atomic mass is 35.5. The highest BCUT2D eigenvalue weighted by molar-refractivity contribution is 6.31. The number of unbranched alkanes of at least 4 members (excludes halogenated alkanes) is 1. The third-order valence-corrected chi connectivity index (χ3v) is 3.08. The molecule has 1 aromatic rings. The van der Waals surface area contributed by atoms with Crippen LogP contribution in [0.3, 0.4) is 0 Å². The van der Waals surface area contributed by atoms with E-state index < -0.39 is 28.5 Å². The molecular weight excluding hydrogens is 300 g/mol. The van der Waals surface area contributed by atoms with E-state index in [9.17, 15) is 19.7 Å². The number of amides is 1. The van der Waals surface area contributed by atoms with E-state index in [1.54, 1.807) is 0 Å². The molecule has 0 fully saturated rings. The summed E-state index contributed by atoms with van der Waals surface area (Å²) in [6.07, 6.45) is 1.65. The normalized spacial score (nSPS) is 11.7. The molecule has 0 bridgehead atoms. The Morgan fingerprint density at radius 2 is 2.14 bits per heavy atom. The molecule has 0 aliphatic rings. The number of nitro benzene ring substituents is 1. The average molecular weight is 315 g/mol. The molecule has 0 aromatic heterocycles. The number of carboxylic acid groups (broad SMARTS) is 1. The lowest BCUT2D eigenvalue weighted by Gasteiger charge is -2.14. The lowest BCUT2D eigenvalue weighted by Crippen LogP contribution is -2.40. The quantitative estimate of drug-likeness (QED) is 0.594. The first kappa shape index (κ1) is 16.9. The fraction of sp³-hybridized carbons (Fsp3) is 0.385. The van der Waals surface area contributed by atoms with Crippen molar-refractivity contribution in [2.75, 3.05) is 0 Å². The lowest BCUT2D eigenvalue weighted by molar-refractivity contribution is -0.385. The Hall–Kier alpha value is -2.15. The van der Waals surface area contributed by atoms with E-state index in [0.717, 1.165) is 18.6 Å². The number of hydrogen-bond donors (Lipinski definition) is 2. The van der Waals surface area contributed by atoms with Gasteiger partial charge in [0.05, 0.1) is 4.92 Å². The molecule has 7 nitrogen and oxygen atoms in total. The van der Waals surface area contributed by atoms with Gasteiger partial charge in [0.15, 0.2) is 0 Å². The van der Waals surface area contributed by atoms with Gasteiger partial charge in [-0.15, -0.1) is 0 Å². The van der Waals surface area contributed by atoms with Crippen LogP contribution in [0, 0.1) is 10.1 Å². The number of benzene rings is 1. The van der Waals surface area contributed by atoms with Crippen molar-refractivity contribution in [2.45, 2.75) is 32.2 Å². The number of carboxylic acids is 1. The number of aliphatic carboxylic acids is 1. The van der Waals surface area contributed by atoms with Crippen molar-refractivity contribution in [1.29, 1.82) is 0 Å². The van der Waals surface area contributed by atoms with Crippen LogP contribution in [0.4, 0.5) is 5.69 Å². The Bertz CT molecular complexity index is 561. The zero-order valence-electron chi connectivity index (χ0n) is 11.3. The predicted octanol–water partition coefficient (Wildman–Crippen LogP) is 2.62. The molecule has 0 radical (unpaired) electrons. The number of nitro groups is 1. The van der Waals surface area contributed by atoms with E-state index in [1.165, 1.54) is 6.07 Å². The van der Waals surface area contributed by atoms with Crippen molar-refractivity contribution in [3.63, 3.8) is 0 Å². The lowest BCUT2D eigenvalue weighted by atomic mass is 10.1. The van der Waals surface area contributed by atoms with Gasteiger partial charge in [-0.05, 0) is 18.6 Å². The molecule has 8 heteroatoms. The summed E-state index contributed by atoms with van der Waals surface area (Å²) < 4.78 is 0. The molecule has 1 aromatic carbocycles. The van der Waals surface area contributed by atoms with E-state index in [1.807, 2.05) is 6.92 Å². The zero-order valence-corrected chi connectivity index (χ0v) is 12.1. The molecule has 0 spiro atoms. The first-order chi connectivity index (χ1) is 9.86. The molecule has 0 unspecified atom stereocenters. The summed E-state index contributed by atoms with van der Waals surface area (Å²) >= 11 is 5.73. The van der Waals surface area contributed by atoms with Gasteiger partial charge >= 0.3 is 5.97 Å². The fourth-order valence-electron chi connectivity index (χ4n) is 1.75. The number of rotatable bonds is 7. The van der Waals surface area contributed by atoms with Gasteiger partial charge in [0, 0.05) is 11.1 Å². The molecule has 0 saturated carbocycles. The molecule has 0 heterocycles. The minimum atomic E-state index is -1.18. The van der Waals surface area contributed by atoms with Gasteiger partial charge < -0.3 is 10.4 Å². The molecule has 1 rings (SSSR count). The Morgan fingerprint density at radius 3 is 2.67 bits per heavy atom. The van der Waals surface area contributed by atoms with Crippen LogP contribution in [0.5, 0.6) is 0 Å². The van der Waals surface area contributed by atoms with Gasteiger partial charge in [-0.25, -0.2) is 4.79 Å². The predicted molar refractivity (Wildman–Crippen MR) is 76.5 cm³/mol. The monoisotopic (exact) mass is 314 g/mol. The minimum absolute atomic E-state index is 0.159. The fourth-order valence-corrected chi connectivity index (χ4v) is 1.92. The van der Waals surface area contributed by atoms with Gasteiger partial charge in [-0.2, -0.15) is 0 Å². The summed E-state index contributed by atoms with van der Waals surface area (Å²) in [6, 6.07) is 2.46. The third-order valence-electron chi connectivity index (χ3n) is 2.85. The Labute approximate surface area is 126 Å². The van der Waals surface area contributed by atoms with Crippen molar-refractivity contribution >= 4 is 29.2 Å². The maximum atomic E-state index is 12.1. The SMILES string of the molecule is CCCC[C@H](NC(=O)c1cc(Cl)ccc1[N+](=O)[O-])C(=O)O. The second-order valence-corrected chi connectivity index (χ2v) is 4.86. The molecule has 1 atom stereocenters. The van der Waals surface area contributed by atoms with Crippen LogP contribution >= 0.6 is 11.6 Å². The first-order valence-corrected chi connectivity index (χ1v) is 6.72. The van der Waals surface area contributed by atoms with Crippen LogP contribution in [0.1, 0.15) is 36.5 Å². The van der Waals surface area contributed by atoms with Gasteiger partial charge in [-0.3, -0.25) is 14.9 Å². The third kappa shape index (κ3) is 4.71. The Kier molecular flexibility index (Phi) is 6.10. The maximum absolute atomic E-state index is 12.1. The van der Waals surface area contributed by atoms with E-state index >= 15 is 0 Å². The molecule has 1 amide bonds. The van der Waals surface area contributed by atoms with Crippen LogP contribution in [0.25, 0.3) is 0 Å². The minimum Gasteiger partial charge on any atom is -0.480 e. The van der Waals surface area contributed by atoms with E-state index in [4.69, 9.17) is 16.7 Å². The van der Waals surface area contributed by atoms with Crippen molar-refractivity contribution in [1.82, 2.24) is 5.32 Å². The molecular formula is C13H15ClN2O5. The standard InChI is InChI=1S/C13H15ClN2O5/c1-2-3-4-10(13(18)19)15-12(17)9-7-8(14)5-6-11(9)16(20)21/h5-7,10H,2-4H2,1H3,(H,15,17)(H,18,19)/t10-/m0/s1. The van der Waals surface area contributed by atoms with Crippen molar-refractivity contribution in [3.8, 4) is 0 Å². The van der Waals surface area contributed by atoms with Crippen molar-refractivity contribution in [3.05, 3.63) is 38.9 Å². The average Bonchev–Trinajstić information content (AvgIpc) is 2.42. The number of carbonyl (C=O) groups excluding carboxylic acids is 1. The Morgan fingerprint density at radius 1 is 1.48 bits per heavy atom. The molecule has 0 aliphatic heterocycles. The highest BCUT2D eigenvalue weighted by Crippen LogP contribution is 2.22. The van der Waals surface area contributed by atoms with Gasteiger partial charge in [0.1, 0.15) is 11.6 Å². The van der Waals surface area contributed by atoms with Crippen LogP contribution in [0.15, 0.2) is 18.2 Å². The number of carbonyl (C=O) groups is 2. The topological polar surface area (TPSA) is 110 Å². The molecule has 2 N–H and O–H groups in total. The maximum Gasteiger partial charge on any atom is 0.326 e. The summed E-state index contributed by atoms with van der Waals surface area (Å²) in [5.74, 6) is -2.01. The molecule has 21 heavy (non-hydrogen) atoms. The van der Waals surface area contributed by atoms with Crippen LogP contribution < -0.4 is 5.32 Å². The zero-order chi connectivity index (χ0) is 16.0. The molecule has 114 valence electrons. The number of nitrogens with zero attached hydrogens (tertiary/aromatic N) is 1. The van der Waals surface area contributed by atoms with Crippen LogP contribution in [-0.2, 0) is 4.79 Å². The number of halogens is 1. The smallest absolute Gasteiger partial charge is 0.326 e. The summed E-state index contributed by atoms with van der Waals surface area (Å²) in [6.45, 7) is 1.89. The summed E-state index contributed by atoms with van der Waals surface area (Å²) in [4.78, 5) is 33.3. The van der Waals surface area contributed by atoms with Crippen LogP contribution in [-0.4, -0.2) is 27.9 Å². The van der Waals surface area contributed by atoms with Gasteiger partial charge in [0.2, 0.25) is 0 Å². The second kappa shape index (κ2) is 7.58. The Balaban J connectivity index is 2.99. The van der Waals surface area contributed by atoms with Gasteiger partial charge in [-0.1, -0.05) is 31.4 Å². The largest absolute Gasteiger partial charge is 0.480 e. The number of hydrogen-bond acceptors (Lipinski definition) is 4. The van der Waals surface area contributed by atoms with Crippen molar-refractivity contribution < 1.29 is 19.6 Å². The highest BCUT2D eigenvalue weighted by Gasteiger charge is 2.25. The summed E-state index contributed by atoms with van der Waals surface area (Å²) in [5, 5.41) is 22.4. The first-order valence-electron chi connectivity index (χ1n) is 6.34. The van der Waals surface area contributed by atoms with E-state index in [-0.39, 0.29) is 17.0 Å². The second-order valence-electron chi connectivity index (χ2n) is 4.43.